The molecule has 1 aromatic heterocycles. The molecule has 0 aliphatic rings. The first kappa shape index (κ1) is 14.8. The van der Waals surface area contributed by atoms with Crippen LogP contribution in [-0.2, 0) is 0 Å². The highest BCUT2D eigenvalue weighted by Crippen LogP contribution is 2.24. The van der Waals surface area contributed by atoms with E-state index < -0.39 is 17.7 Å². The SMILES string of the molecule is Cc1[nH]c(C(=O)O)c(C)c1C(=O)N(C)c1ccccc1F. The number of anilines is 1. The molecule has 1 amide bonds. The van der Waals surface area contributed by atoms with Gasteiger partial charge >= 0.3 is 5.97 Å². The van der Waals surface area contributed by atoms with Crippen LogP contribution in [0.2, 0.25) is 0 Å². The Morgan fingerprint density at radius 1 is 1.24 bits per heavy atom. The molecule has 0 aliphatic heterocycles. The summed E-state index contributed by atoms with van der Waals surface area (Å²) in [5.74, 6) is -2.11. The lowest BCUT2D eigenvalue weighted by Crippen LogP contribution is -2.28. The van der Waals surface area contributed by atoms with Crippen LogP contribution in [0, 0.1) is 19.7 Å². The van der Waals surface area contributed by atoms with Gasteiger partial charge in [-0.2, -0.15) is 0 Å². The fraction of sp³-hybridized carbons (Fsp3) is 0.200. The topological polar surface area (TPSA) is 73.4 Å². The third kappa shape index (κ3) is 2.52. The third-order valence-corrected chi connectivity index (χ3v) is 3.38. The molecule has 0 atom stereocenters. The van der Waals surface area contributed by atoms with E-state index in [2.05, 4.69) is 4.98 Å². The van der Waals surface area contributed by atoms with E-state index in [0.29, 0.717) is 11.3 Å². The van der Waals surface area contributed by atoms with Crippen molar-refractivity contribution >= 4 is 17.6 Å². The lowest BCUT2D eigenvalue weighted by Gasteiger charge is -2.18. The normalized spacial score (nSPS) is 10.5. The number of H-pyrrole nitrogens is 1. The molecule has 6 heteroatoms. The molecule has 0 spiro atoms. The molecule has 2 aromatic rings. The van der Waals surface area contributed by atoms with Crippen molar-refractivity contribution < 1.29 is 19.1 Å². The highest BCUT2D eigenvalue weighted by Gasteiger charge is 2.25. The molecule has 2 rings (SSSR count). The first-order valence-electron chi connectivity index (χ1n) is 6.29. The number of aromatic nitrogens is 1. The van der Waals surface area contributed by atoms with Crippen LogP contribution in [-0.4, -0.2) is 29.0 Å². The third-order valence-electron chi connectivity index (χ3n) is 3.38. The largest absolute Gasteiger partial charge is 0.477 e. The van der Waals surface area contributed by atoms with Gasteiger partial charge in [0.15, 0.2) is 0 Å². The van der Waals surface area contributed by atoms with E-state index >= 15 is 0 Å². The Morgan fingerprint density at radius 2 is 1.86 bits per heavy atom. The molecule has 0 saturated heterocycles. The summed E-state index contributed by atoms with van der Waals surface area (Å²) < 4.78 is 13.8. The predicted octanol–water partition coefficient (Wildman–Crippen LogP) is 2.75. The van der Waals surface area contributed by atoms with Crippen molar-refractivity contribution in [3.63, 3.8) is 0 Å². The van der Waals surface area contributed by atoms with E-state index in [1.165, 1.54) is 30.1 Å². The van der Waals surface area contributed by atoms with Gasteiger partial charge < -0.3 is 15.0 Å². The van der Waals surface area contributed by atoms with Crippen molar-refractivity contribution in [2.45, 2.75) is 13.8 Å². The number of carboxylic acid groups (broad SMARTS) is 1. The van der Waals surface area contributed by atoms with Crippen molar-refractivity contribution in [2.75, 3.05) is 11.9 Å². The van der Waals surface area contributed by atoms with Crippen LogP contribution in [0.25, 0.3) is 0 Å². The number of rotatable bonds is 3. The van der Waals surface area contributed by atoms with Crippen LogP contribution in [0.4, 0.5) is 10.1 Å². The molecule has 0 bridgehead atoms. The van der Waals surface area contributed by atoms with Gasteiger partial charge in [0.1, 0.15) is 11.5 Å². The van der Waals surface area contributed by atoms with Crippen LogP contribution >= 0.6 is 0 Å². The maximum absolute atomic E-state index is 13.8. The number of carboxylic acids is 1. The van der Waals surface area contributed by atoms with Gasteiger partial charge in [-0.1, -0.05) is 12.1 Å². The number of para-hydroxylation sites is 1. The zero-order chi connectivity index (χ0) is 15.7. The Labute approximate surface area is 121 Å². The lowest BCUT2D eigenvalue weighted by molar-refractivity contribution is 0.0690. The van der Waals surface area contributed by atoms with E-state index in [1.807, 2.05) is 0 Å². The second-order valence-electron chi connectivity index (χ2n) is 4.75. The molecule has 1 heterocycles. The number of carbonyl (C=O) groups is 2. The van der Waals surface area contributed by atoms with Crippen molar-refractivity contribution in [2.24, 2.45) is 0 Å². The molecule has 1 aromatic carbocycles. The van der Waals surface area contributed by atoms with Gasteiger partial charge in [0.25, 0.3) is 5.91 Å². The fourth-order valence-electron chi connectivity index (χ4n) is 2.29. The fourth-order valence-corrected chi connectivity index (χ4v) is 2.29. The monoisotopic (exact) mass is 290 g/mol. The Kier molecular flexibility index (Phi) is 3.80. The molecule has 5 nitrogen and oxygen atoms in total. The molecule has 21 heavy (non-hydrogen) atoms. The average molecular weight is 290 g/mol. The molecule has 110 valence electrons. The lowest BCUT2D eigenvalue weighted by atomic mass is 10.1. The highest BCUT2D eigenvalue weighted by molar-refractivity contribution is 6.09. The number of aryl methyl sites for hydroxylation is 1. The summed E-state index contributed by atoms with van der Waals surface area (Å²) in [6.45, 7) is 3.16. The van der Waals surface area contributed by atoms with Crippen LogP contribution in [0.1, 0.15) is 32.1 Å². The summed E-state index contributed by atoms with van der Waals surface area (Å²) in [4.78, 5) is 27.5. The first-order chi connectivity index (χ1) is 9.84. The predicted molar refractivity (Wildman–Crippen MR) is 76.4 cm³/mol. The Balaban J connectivity index is 2.46. The summed E-state index contributed by atoms with van der Waals surface area (Å²) in [5.41, 5.74) is 1.14. The van der Waals surface area contributed by atoms with Gasteiger partial charge in [0.05, 0.1) is 11.3 Å². The number of hydrogen-bond donors (Lipinski definition) is 2. The number of amides is 1. The van der Waals surface area contributed by atoms with Gasteiger partial charge in [-0.05, 0) is 31.5 Å². The number of nitrogens with zero attached hydrogens (tertiary/aromatic N) is 1. The molecule has 0 radical (unpaired) electrons. The zero-order valence-corrected chi connectivity index (χ0v) is 11.9. The van der Waals surface area contributed by atoms with E-state index in [1.54, 1.807) is 19.9 Å². The van der Waals surface area contributed by atoms with Gasteiger partial charge in [-0.3, -0.25) is 4.79 Å². The molecule has 0 unspecified atom stereocenters. The Bertz CT molecular complexity index is 722. The highest BCUT2D eigenvalue weighted by atomic mass is 19.1. The summed E-state index contributed by atoms with van der Waals surface area (Å²) in [7, 11) is 1.45. The van der Waals surface area contributed by atoms with E-state index in [9.17, 15) is 14.0 Å². The van der Waals surface area contributed by atoms with Crippen LogP contribution in [0.3, 0.4) is 0 Å². The van der Waals surface area contributed by atoms with E-state index in [-0.39, 0.29) is 16.9 Å². The maximum atomic E-state index is 13.8. The van der Waals surface area contributed by atoms with Gasteiger partial charge in [-0.15, -0.1) is 0 Å². The van der Waals surface area contributed by atoms with Gasteiger partial charge in [-0.25, -0.2) is 9.18 Å². The second-order valence-corrected chi connectivity index (χ2v) is 4.75. The number of halogens is 1. The van der Waals surface area contributed by atoms with Crippen LogP contribution in [0.15, 0.2) is 24.3 Å². The molecule has 0 aliphatic carbocycles. The molecule has 0 fully saturated rings. The smallest absolute Gasteiger partial charge is 0.352 e. The number of aromatic carboxylic acids is 1. The molecular formula is C15H15FN2O3. The summed E-state index contributed by atoms with van der Waals surface area (Å²) >= 11 is 0. The second kappa shape index (κ2) is 5.40. The standard InChI is InChI=1S/C15H15FN2O3/c1-8-12(9(2)17-13(8)15(20)21)14(19)18(3)11-7-5-4-6-10(11)16/h4-7,17H,1-3H3,(H,20,21). The first-order valence-corrected chi connectivity index (χ1v) is 6.29. The molecule has 0 saturated carbocycles. The van der Waals surface area contributed by atoms with Crippen LogP contribution in [0.5, 0.6) is 0 Å². The minimum absolute atomic E-state index is 0.0298. The summed E-state index contributed by atoms with van der Waals surface area (Å²) in [5, 5.41) is 9.07. The molecular weight excluding hydrogens is 275 g/mol. The average Bonchev–Trinajstić information content (AvgIpc) is 2.73. The van der Waals surface area contributed by atoms with E-state index in [4.69, 9.17) is 5.11 Å². The maximum Gasteiger partial charge on any atom is 0.352 e. The van der Waals surface area contributed by atoms with Crippen molar-refractivity contribution in [1.29, 1.82) is 0 Å². The Morgan fingerprint density at radius 3 is 2.38 bits per heavy atom. The molecule has 2 N–H and O–H groups in total. The minimum atomic E-state index is -1.14. The Hall–Kier alpha value is -2.63. The van der Waals surface area contributed by atoms with Crippen molar-refractivity contribution in [1.82, 2.24) is 4.98 Å². The minimum Gasteiger partial charge on any atom is -0.477 e. The van der Waals surface area contributed by atoms with Crippen molar-refractivity contribution in [3.05, 3.63) is 52.6 Å². The van der Waals surface area contributed by atoms with Gasteiger partial charge in [0.2, 0.25) is 0 Å². The summed E-state index contributed by atoms with van der Waals surface area (Å²) in [6.07, 6.45) is 0. The number of nitrogens with one attached hydrogen (secondary N) is 1. The van der Waals surface area contributed by atoms with E-state index in [0.717, 1.165) is 0 Å². The number of aromatic amines is 1. The summed E-state index contributed by atoms with van der Waals surface area (Å²) in [6, 6.07) is 5.91. The van der Waals surface area contributed by atoms with Crippen molar-refractivity contribution in [3.8, 4) is 0 Å². The van der Waals surface area contributed by atoms with Crippen LogP contribution < -0.4 is 4.90 Å². The van der Waals surface area contributed by atoms with Gasteiger partial charge in [0, 0.05) is 12.7 Å². The number of carbonyl (C=O) groups excluding carboxylic acids is 1. The zero-order valence-electron chi connectivity index (χ0n) is 11.9. The quantitative estimate of drug-likeness (QED) is 0.912. The number of benzene rings is 1. The number of hydrogen-bond acceptors (Lipinski definition) is 2.